The highest BCUT2D eigenvalue weighted by atomic mass is 19.1. The highest BCUT2D eigenvalue weighted by Gasteiger charge is 2.22. The summed E-state index contributed by atoms with van der Waals surface area (Å²) in [6.07, 6.45) is 5.11. The Balaban J connectivity index is 0.00000109. The van der Waals surface area contributed by atoms with Gasteiger partial charge in [-0.2, -0.15) is 0 Å². The minimum absolute atomic E-state index is 0.105. The van der Waals surface area contributed by atoms with E-state index in [1.807, 2.05) is 76.4 Å². The first kappa shape index (κ1) is 28.4. The van der Waals surface area contributed by atoms with E-state index in [2.05, 4.69) is 10.3 Å². The second-order valence-electron chi connectivity index (χ2n) is 7.52. The Morgan fingerprint density at radius 1 is 0.944 bits per heavy atom. The van der Waals surface area contributed by atoms with Crippen molar-refractivity contribution in [3.05, 3.63) is 84.6 Å². The second kappa shape index (κ2) is 14.5. The topological polar surface area (TPSA) is 75.9 Å². The molecule has 0 amide bonds. The quantitative estimate of drug-likeness (QED) is 0.281. The van der Waals surface area contributed by atoms with Crippen LogP contribution >= 0.6 is 0 Å². The Morgan fingerprint density at radius 3 is 2.22 bits per heavy atom. The van der Waals surface area contributed by atoms with Gasteiger partial charge in [-0.05, 0) is 48.5 Å². The molecule has 0 aliphatic heterocycles. The minimum Gasteiger partial charge on any atom is -0.392 e. The van der Waals surface area contributed by atoms with Crippen LogP contribution in [0, 0.1) is 5.82 Å². The summed E-state index contributed by atoms with van der Waals surface area (Å²) in [4.78, 5) is 13.9. The van der Waals surface area contributed by atoms with Gasteiger partial charge in [0.2, 0.25) is 5.95 Å². The number of anilines is 2. The lowest BCUT2D eigenvalue weighted by Crippen LogP contribution is -2.01. The molecular weight excluding hydrogens is 453 g/mol. The van der Waals surface area contributed by atoms with Gasteiger partial charge in [0, 0.05) is 29.6 Å². The Hall–Kier alpha value is -3.84. The van der Waals surface area contributed by atoms with E-state index in [4.69, 9.17) is 9.97 Å². The van der Waals surface area contributed by atoms with Crippen molar-refractivity contribution in [2.24, 2.45) is 0 Å². The van der Waals surface area contributed by atoms with Crippen LogP contribution in [0.3, 0.4) is 0 Å². The van der Waals surface area contributed by atoms with Crippen molar-refractivity contribution < 1.29 is 9.50 Å². The number of hydrogen-bond acceptors (Lipinski definition) is 5. The van der Waals surface area contributed by atoms with Crippen molar-refractivity contribution in [1.82, 2.24) is 19.5 Å². The van der Waals surface area contributed by atoms with E-state index in [-0.39, 0.29) is 18.3 Å². The van der Waals surface area contributed by atoms with E-state index < -0.39 is 0 Å². The highest BCUT2D eigenvalue weighted by molar-refractivity contribution is 5.79. The van der Waals surface area contributed by atoms with Gasteiger partial charge in [-0.15, -0.1) is 0 Å². The van der Waals surface area contributed by atoms with E-state index in [0.29, 0.717) is 17.3 Å². The van der Waals surface area contributed by atoms with E-state index in [9.17, 15) is 9.50 Å². The summed E-state index contributed by atoms with van der Waals surface area (Å²) < 4.78 is 15.6. The number of para-hydroxylation sites is 1. The van der Waals surface area contributed by atoms with Gasteiger partial charge < -0.3 is 15.0 Å². The normalized spacial score (nSPS) is 10.5. The van der Waals surface area contributed by atoms with Gasteiger partial charge in [-0.3, -0.25) is 0 Å². The number of benzene rings is 2. The summed E-state index contributed by atoms with van der Waals surface area (Å²) in [6.45, 7) is 12.0. The minimum atomic E-state index is -0.312. The van der Waals surface area contributed by atoms with Crippen molar-refractivity contribution in [3.8, 4) is 22.6 Å². The van der Waals surface area contributed by atoms with Gasteiger partial charge >= 0.3 is 0 Å². The number of aromatic nitrogens is 4. The standard InChI is InChI=1S/C25H24FN5O.2C2H6/c1-17(2)24-30-22(21-13-14-27-25(29-21)28-20-7-4-3-5-8-20)23(31(24)15-6-16-32)18-9-11-19(26)12-10-18;2*1-2/h3-15,17,32H,16H2,1-2H3,(H,27,28,29);2*1-2H3/b15-6+;;. The lowest BCUT2D eigenvalue weighted by molar-refractivity contribution is 0.343. The molecule has 36 heavy (non-hydrogen) atoms. The summed E-state index contributed by atoms with van der Waals surface area (Å²) in [5.41, 5.74) is 3.72. The molecule has 7 heteroatoms. The predicted octanol–water partition coefficient (Wildman–Crippen LogP) is 7.53. The van der Waals surface area contributed by atoms with Crippen molar-refractivity contribution in [1.29, 1.82) is 0 Å². The molecule has 2 aromatic carbocycles. The molecule has 0 aliphatic rings. The van der Waals surface area contributed by atoms with Gasteiger partial charge in [-0.25, -0.2) is 19.3 Å². The fraction of sp³-hybridized carbons (Fsp3) is 0.276. The summed E-state index contributed by atoms with van der Waals surface area (Å²) >= 11 is 0. The number of aliphatic hydroxyl groups excluding tert-OH is 1. The predicted molar refractivity (Wildman–Crippen MR) is 148 cm³/mol. The first-order valence-corrected chi connectivity index (χ1v) is 12.4. The molecule has 6 nitrogen and oxygen atoms in total. The van der Waals surface area contributed by atoms with Gasteiger partial charge in [0.25, 0.3) is 0 Å². The van der Waals surface area contributed by atoms with Crippen molar-refractivity contribution in [3.63, 3.8) is 0 Å². The third-order valence-corrected chi connectivity index (χ3v) is 4.86. The Bertz CT molecular complexity index is 1220. The largest absolute Gasteiger partial charge is 0.392 e. The molecule has 2 aromatic heterocycles. The van der Waals surface area contributed by atoms with E-state index in [0.717, 1.165) is 22.8 Å². The van der Waals surface area contributed by atoms with Crippen LogP contribution in [0.4, 0.5) is 16.0 Å². The highest BCUT2D eigenvalue weighted by Crippen LogP contribution is 2.35. The van der Waals surface area contributed by atoms with Gasteiger partial charge in [-0.1, -0.05) is 59.7 Å². The molecular formula is C29H36FN5O. The SMILES string of the molecule is CC.CC.CC(C)c1nc(-c2ccnc(Nc3ccccc3)n2)c(-c2ccc(F)cc2)n1/C=C/CO. The van der Waals surface area contributed by atoms with E-state index in [1.165, 1.54) is 12.1 Å². The first-order chi connectivity index (χ1) is 17.6. The summed E-state index contributed by atoms with van der Waals surface area (Å²) in [6, 6.07) is 17.8. The Labute approximate surface area is 213 Å². The Morgan fingerprint density at radius 2 is 1.61 bits per heavy atom. The number of nitrogens with one attached hydrogen (secondary N) is 1. The van der Waals surface area contributed by atoms with E-state index >= 15 is 0 Å². The van der Waals surface area contributed by atoms with E-state index in [1.54, 1.807) is 36.7 Å². The van der Waals surface area contributed by atoms with Crippen LogP contribution < -0.4 is 5.32 Å². The molecule has 4 aromatic rings. The molecule has 4 rings (SSSR count). The third-order valence-electron chi connectivity index (χ3n) is 4.86. The second-order valence-corrected chi connectivity index (χ2v) is 7.52. The van der Waals surface area contributed by atoms with Crippen LogP contribution in [0.25, 0.3) is 28.8 Å². The number of aliphatic hydroxyl groups is 1. The zero-order valence-corrected chi connectivity index (χ0v) is 21.9. The van der Waals surface area contributed by atoms with Crippen LogP contribution in [0.15, 0.2) is 72.9 Å². The summed E-state index contributed by atoms with van der Waals surface area (Å²) in [7, 11) is 0. The van der Waals surface area contributed by atoms with Crippen molar-refractivity contribution >= 4 is 17.8 Å². The lowest BCUT2D eigenvalue weighted by atomic mass is 10.1. The van der Waals surface area contributed by atoms with Gasteiger partial charge in [0.05, 0.1) is 18.0 Å². The molecule has 0 aliphatic carbocycles. The van der Waals surface area contributed by atoms with Crippen molar-refractivity contribution in [2.45, 2.75) is 47.5 Å². The number of nitrogens with zero attached hydrogens (tertiary/aromatic N) is 4. The smallest absolute Gasteiger partial charge is 0.227 e. The molecule has 0 unspecified atom stereocenters. The first-order valence-electron chi connectivity index (χ1n) is 12.4. The molecule has 0 saturated carbocycles. The third kappa shape index (κ3) is 7.09. The number of hydrogen-bond donors (Lipinski definition) is 2. The summed E-state index contributed by atoms with van der Waals surface area (Å²) in [5, 5.41) is 12.6. The fourth-order valence-corrected chi connectivity index (χ4v) is 3.42. The molecule has 0 spiro atoms. The van der Waals surface area contributed by atoms with Crippen LogP contribution in [-0.4, -0.2) is 31.2 Å². The molecule has 190 valence electrons. The number of rotatable bonds is 7. The Kier molecular flexibility index (Phi) is 11.5. The monoisotopic (exact) mass is 489 g/mol. The molecule has 0 saturated heterocycles. The maximum atomic E-state index is 13.6. The molecule has 0 fully saturated rings. The van der Waals surface area contributed by atoms with Crippen LogP contribution in [0.1, 0.15) is 53.3 Å². The zero-order valence-electron chi connectivity index (χ0n) is 21.9. The molecule has 0 radical (unpaired) electrons. The molecule has 2 N–H and O–H groups in total. The lowest BCUT2D eigenvalue weighted by Gasteiger charge is -2.11. The average Bonchev–Trinajstić information content (AvgIpc) is 3.31. The van der Waals surface area contributed by atoms with Crippen LogP contribution in [-0.2, 0) is 0 Å². The fourth-order valence-electron chi connectivity index (χ4n) is 3.42. The van der Waals surface area contributed by atoms with Gasteiger partial charge in [0.1, 0.15) is 17.3 Å². The van der Waals surface area contributed by atoms with Crippen LogP contribution in [0.2, 0.25) is 0 Å². The molecule has 0 atom stereocenters. The van der Waals surface area contributed by atoms with Gasteiger partial charge in [0.15, 0.2) is 0 Å². The maximum Gasteiger partial charge on any atom is 0.227 e. The number of halogens is 1. The molecule has 0 bridgehead atoms. The zero-order chi connectivity index (χ0) is 26.5. The number of imidazole rings is 1. The summed E-state index contributed by atoms with van der Waals surface area (Å²) in [5.74, 6) is 1.05. The average molecular weight is 490 g/mol. The maximum absolute atomic E-state index is 13.6. The molecule has 2 heterocycles. The van der Waals surface area contributed by atoms with Crippen molar-refractivity contribution in [2.75, 3.05) is 11.9 Å². The van der Waals surface area contributed by atoms with Crippen LogP contribution in [0.5, 0.6) is 0 Å².